The van der Waals surface area contributed by atoms with Gasteiger partial charge >= 0.3 is 0 Å². The molecule has 2 aromatic rings. The second-order valence-corrected chi connectivity index (χ2v) is 5.85. The monoisotopic (exact) mass is 286 g/mol. The summed E-state index contributed by atoms with van der Waals surface area (Å²) in [4.78, 5) is 2.22. The predicted octanol–water partition coefficient (Wildman–Crippen LogP) is 3.28. The fraction of sp³-hybridized carbons (Fsp3) is 0.444. The van der Waals surface area contributed by atoms with Crippen LogP contribution < -0.4 is 10.1 Å². The van der Waals surface area contributed by atoms with Crippen LogP contribution in [0.15, 0.2) is 36.4 Å². The Bertz CT molecular complexity index is 580. The Balaban J connectivity index is 2.09. The largest absolute Gasteiger partial charge is 0.496 e. The molecule has 2 rings (SSSR count). The second-order valence-electron chi connectivity index (χ2n) is 5.85. The molecule has 0 radical (unpaired) electrons. The molecule has 0 aliphatic carbocycles. The number of fused-ring (bicyclic) bond motifs is 1. The highest BCUT2D eigenvalue weighted by atomic mass is 16.5. The number of ether oxygens (including phenoxy) is 1. The van der Waals surface area contributed by atoms with Crippen LogP contribution in [-0.4, -0.2) is 38.7 Å². The SMILES string of the molecule is COc1ccc(CNC(C)CCN(C)C)c2ccccc12. The second kappa shape index (κ2) is 7.43. The van der Waals surface area contributed by atoms with Gasteiger partial charge in [-0.3, -0.25) is 0 Å². The summed E-state index contributed by atoms with van der Waals surface area (Å²) in [5.41, 5.74) is 1.32. The van der Waals surface area contributed by atoms with Crippen molar-refractivity contribution in [2.45, 2.75) is 25.9 Å². The van der Waals surface area contributed by atoms with E-state index in [1.165, 1.54) is 16.3 Å². The lowest BCUT2D eigenvalue weighted by molar-refractivity contribution is 0.366. The van der Waals surface area contributed by atoms with Crippen LogP contribution in [0.4, 0.5) is 0 Å². The van der Waals surface area contributed by atoms with Crippen LogP contribution in [-0.2, 0) is 6.54 Å². The molecule has 0 saturated heterocycles. The standard InChI is InChI=1S/C18H26N2O/c1-14(11-12-20(2)3)19-13-15-9-10-18(21-4)17-8-6-5-7-16(15)17/h5-10,14,19H,11-13H2,1-4H3. The molecule has 1 atom stereocenters. The molecule has 0 bridgehead atoms. The van der Waals surface area contributed by atoms with E-state index < -0.39 is 0 Å². The Morgan fingerprint density at radius 3 is 2.48 bits per heavy atom. The van der Waals surface area contributed by atoms with Crippen molar-refractivity contribution in [3.8, 4) is 5.75 Å². The lowest BCUT2D eigenvalue weighted by Crippen LogP contribution is -2.29. The van der Waals surface area contributed by atoms with Crippen molar-refractivity contribution in [1.29, 1.82) is 0 Å². The molecule has 3 nitrogen and oxygen atoms in total. The first-order valence-electron chi connectivity index (χ1n) is 7.54. The van der Waals surface area contributed by atoms with Crippen molar-refractivity contribution in [2.75, 3.05) is 27.7 Å². The van der Waals surface area contributed by atoms with Gasteiger partial charge in [0.25, 0.3) is 0 Å². The molecular weight excluding hydrogens is 260 g/mol. The van der Waals surface area contributed by atoms with Gasteiger partial charge < -0.3 is 15.0 Å². The molecule has 0 aliphatic heterocycles. The van der Waals surface area contributed by atoms with Gasteiger partial charge in [-0.15, -0.1) is 0 Å². The molecule has 21 heavy (non-hydrogen) atoms. The molecule has 1 unspecified atom stereocenters. The lowest BCUT2D eigenvalue weighted by atomic mass is 10.0. The van der Waals surface area contributed by atoms with Crippen molar-refractivity contribution < 1.29 is 4.74 Å². The fourth-order valence-corrected chi connectivity index (χ4v) is 2.50. The fourth-order valence-electron chi connectivity index (χ4n) is 2.50. The Hall–Kier alpha value is -1.58. The van der Waals surface area contributed by atoms with Crippen molar-refractivity contribution in [2.24, 2.45) is 0 Å². The summed E-state index contributed by atoms with van der Waals surface area (Å²) in [6.07, 6.45) is 1.15. The average molecular weight is 286 g/mol. The van der Waals surface area contributed by atoms with E-state index in [0.29, 0.717) is 6.04 Å². The van der Waals surface area contributed by atoms with Crippen LogP contribution in [0.25, 0.3) is 10.8 Å². The molecule has 1 N–H and O–H groups in total. The Morgan fingerprint density at radius 1 is 1.10 bits per heavy atom. The third-order valence-electron chi connectivity index (χ3n) is 3.84. The zero-order valence-electron chi connectivity index (χ0n) is 13.5. The van der Waals surface area contributed by atoms with Crippen LogP contribution in [0.2, 0.25) is 0 Å². The number of hydrogen-bond donors (Lipinski definition) is 1. The van der Waals surface area contributed by atoms with Gasteiger partial charge in [0.2, 0.25) is 0 Å². The zero-order valence-corrected chi connectivity index (χ0v) is 13.5. The number of hydrogen-bond acceptors (Lipinski definition) is 3. The quantitative estimate of drug-likeness (QED) is 0.845. The van der Waals surface area contributed by atoms with E-state index in [9.17, 15) is 0 Å². The maximum Gasteiger partial charge on any atom is 0.126 e. The van der Waals surface area contributed by atoms with Gasteiger partial charge in [0.1, 0.15) is 5.75 Å². The summed E-state index contributed by atoms with van der Waals surface area (Å²) < 4.78 is 5.45. The summed E-state index contributed by atoms with van der Waals surface area (Å²) >= 11 is 0. The van der Waals surface area contributed by atoms with E-state index in [-0.39, 0.29) is 0 Å². The summed E-state index contributed by atoms with van der Waals surface area (Å²) in [6.45, 7) is 4.24. The van der Waals surface area contributed by atoms with Crippen LogP contribution in [0.3, 0.4) is 0 Å². The van der Waals surface area contributed by atoms with Crippen molar-refractivity contribution in [3.05, 3.63) is 42.0 Å². The van der Waals surface area contributed by atoms with Gasteiger partial charge in [-0.1, -0.05) is 30.3 Å². The number of rotatable bonds is 7. The molecule has 3 heteroatoms. The average Bonchev–Trinajstić information content (AvgIpc) is 2.50. The zero-order chi connectivity index (χ0) is 15.2. The van der Waals surface area contributed by atoms with Crippen molar-refractivity contribution >= 4 is 10.8 Å². The highest BCUT2D eigenvalue weighted by Gasteiger charge is 2.07. The smallest absolute Gasteiger partial charge is 0.126 e. The minimum absolute atomic E-state index is 0.508. The van der Waals surface area contributed by atoms with Crippen LogP contribution in [0, 0.1) is 0 Å². The van der Waals surface area contributed by atoms with Crippen LogP contribution in [0.5, 0.6) is 5.75 Å². The maximum atomic E-state index is 5.45. The van der Waals surface area contributed by atoms with Gasteiger partial charge in [0.05, 0.1) is 7.11 Å². The molecule has 0 saturated carbocycles. The van der Waals surface area contributed by atoms with Gasteiger partial charge in [-0.05, 0) is 51.0 Å². The minimum Gasteiger partial charge on any atom is -0.496 e. The van der Waals surface area contributed by atoms with Gasteiger partial charge in [-0.2, -0.15) is 0 Å². The molecule has 0 aliphatic rings. The highest BCUT2D eigenvalue weighted by Crippen LogP contribution is 2.28. The Kier molecular flexibility index (Phi) is 5.59. The summed E-state index contributed by atoms with van der Waals surface area (Å²) in [7, 11) is 5.95. The van der Waals surface area contributed by atoms with E-state index in [1.54, 1.807) is 7.11 Å². The molecule has 0 heterocycles. The van der Waals surface area contributed by atoms with Gasteiger partial charge in [0, 0.05) is 18.0 Å². The number of nitrogens with zero attached hydrogens (tertiary/aromatic N) is 1. The number of methoxy groups -OCH3 is 1. The van der Waals surface area contributed by atoms with Gasteiger partial charge in [-0.25, -0.2) is 0 Å². The molecule has 0 aromatic heterocycles. The van der Waals surface area contributed by atoms with Gasteiger partial charge in [0.15, 0.2) is 0 Å². The molecular formula is C18H26N2O. The van der Waals surface area contributed by atoms with E-state index in [2.05, 4.69) is 67.6 Å². The van der Waals surface area contributed by atoms with Crippen LogP contribution >= 0.6 is 0 Å². The van der Waals surface area contributed by atoms with Crippen molar-refractivity contribution in [3.63, 3.8) is 0 Å². The first kappa shape index (κ1) is 15.8. The Morgan fingerprint density at radius 2 is 1.81 bits per heavy atom. The first-order valence-corrected chi connectivity index (χ1v) is 7.54. The molecule has 0 fully saturated rings. The highest BCUT2D eigenvalue weighted by molar-refractivity contribution is 5.91. The maximum absolute atomic E-state index is 5.45. The molecule has 0 amide bonds. The summed E-state index contributed by atoms with van der Waals surface area (Å²) in [5, 5.41) is 6.06. The molecule has 0 spiro atoms. The third kappa shape index (κ3) is 4.19. The predicted molar refractivity (Wildman–Crippen MR) is 90.0 cm³/mol. The van der Waals surface area contributed by atoms with E-state index in [0.717, 1.165) is 25.3 Å². The summed E-state index contributed by atoms with van der Waals surface area (Å²) in [5.74, 6) is 0.940. The summed E-state index contributed by atoms with van der Waals surface area (Å²) in [6, 6.07) is 13.2. The Labute approximate surface area is 127 Å². The first-order chi connectivity index (χ1) is 10.1. The number of nitrogens with one attached hydrogen (secondary N) is 1. The molecule has 2 aromatic carbocycles. The molecule has 114 valence electrons. The topological polar surface area (TPSA) is 24.5 Å². The third-order valence-corrected chi connectivity index (χ3v) is 3.84. The van der Waals surface area contributed by atoms with E-state index in [4.69, 9.17) is 4.74 Å². The van der Waals surface area contributed by atoms with Crippen molar-refractivity contribution in [1.82, 2.24) is 10.2 Å². The van der Waals surface area contributed by atoms with Crippen LogP contribution in [0.1, 0.15) is 18.9 Å². The number of benzene rings is 2. The normalized spacial score (nSPS) is 12.8. The van der Waals surface area contributed by atoms with E-state index >= 15 is 0 Å². The lowest BCUT2D eigenvalue weighted by Gasteiger charge is -2.18. The minimum atomic E-state index is 0.508. The van der Waals surface area contributed by atoms with E-state index in [1.807, 2.05) is 0 Å².